The van der Waals surface area contributed by atoms with Crippen LogP contribution in [0, 0.1) is 11.8 Å². The summed E-state index contributed by atoms with van der Waals surface area (Å²) in [5.74, 6) is 6.62. The summed E-state index contributed by atoms with van der Waals surface area (Å²) in [6.45, 7) is 4.12. The number of carbonyl (C=O) groups is 1. The van der Waals surface area contributed by atoms with Gasteiger partial charge in [-0.2, -0.15) is 10.2 Å². The van der Waals surface area contributed by atoms with Gasteiger partial charge in [0.15, 0.2) is 11.5 Å². The number of halogens is 2. The van der Waals surface area contributed by atoms with E-state index in [0.717, 1.165) is 105 Å². The molecule has 2 aromatic heterocycles. The van der Waals surface area contributed by atoms with E-state index in [1.54, 1.807) is 33.1 Å². The normalized spacial score (nSPS) is 11.6. The number of nitrogens with zero attached hydrogens (tertiary/aromatic N) is 7. The van der Waals surface area contributed by atoms with E-state index < -0.39 is 0 Å². The Balaban J connectivity index is 0.852. The Kier molecular flexibility index (Phi) is 15.5. The van der Waals surface area contributed by atoms with E-state index in [-0.39, 0.29) is 18.3 Å². The standard InChI is InChI=1S/C73H57Cl2N9O4/c1-7-16-45-18-13-14-21-63(45)82(3)73(85)60-40-47-24-36-57-59-42-50(75)26-38-62(59)77-68(57)66(47)70(72(60)87-6)81-79-52-29-33-55(34-30-52)84(53-19-10-9-11-20-53)54-31-27-51(28-32-54)78-80-69-65-46(23-35-56-58-41-49(74)25-37-61(58)76-67(56)65)39-48(71(69)86-5)43-88-83(4)64-22-15-12-17-44(64)8-2/h9-15,17-42,76-77H,8,43H2,1-6H3. The van der Waals surface area contributed by atoms with Crippen molar-refractivity contribution in [1.82, 2.24) is 9.97 Å². The molecule has 0 atom stereocenters. The van der Waals surface area contributed by atoms with Gasteiger partial charge in [0.25, 0.3) is 5.91 Å². The van der Waals surface area contributed by atoms with Crippen LogP contribution in [-0.4, -0.2) is 44.2 Å². The van der Waals surface area contributed by atoms with Crippen molar-refractivity contribution in [2.45, 2.75) is 26.9 Å². The average molecular weight is 1200 g/mol. The van der Waals surface area contributed by atoms with Crippen LogP contribution in [0.25, 0.3) is 65.2 Å². The number of hydroxylamine groups is 1. The number of methoxy groups -OCH3 is 2. The van der Waals surface area contributed by atoms with Crippen LogP contribution in [0.1, 0.15) is 40.9 Å². The number of aromatic nitrogens is 2. The van der Waals surface area contributed by atoms with E-state index in [1.807, 2.05) is 170 Å². The van der Waals surface area contributed by atoms with E-state index in [1.165, 1.54) is 5.56 Å². The van der Waals surface area contributed by atoms with Crippen molar-refractivity contribution in [2.75, 3.05) is 43.2 Å². The van der Waals surface area contributed by atoms with Crippen molar-refractivity contribution >= 4 is 145 Å². The topological polar surface area (TPSA) is 136 Å². The fourth-order valence-electron chi connectivity index (χ4n) is 11.8. The van der Waals surface area contributed by atoms with Crippen LogP contribution in [0.15, 0.2) is 221 Å². The molecular weight excluding hydrogens is 1140 g/mol. The molecule has 0 saturated heterocycles. The lowest BCUT2D eigenvalue weighted by molar-refractivity contribution is 0.0990. The number of fused-ring (bicyclic) bond motifs is 10. The van der Waals surface area contributed by atoms with E-state index in [9.17, 15) is 4.79 Å². The molecule has 2 N–H and O–H groups in total. The maximum atomic E-state index is 14.8. The smallest absolute Gasteiger partial charge is 0.261 e. The third-order valence-electron chi connectivity index (χ3n) is 16.0. The summed E-state index contributed by atoms with van der Waals surface area (Å²) >= 11 is 13.1. The third kappa shape index (κ3) is 10.5. The molecule has 0 radical (unpaired) electrons. The minimum Gasteiger partial charge on any atom is -0.494 e. The zero-order valence-corrected chi connectivity index (χ0v) is 50.5. The molecule has 432 valence electrons. The predicted molar refractivity (Wildman–Crippen MR) is 360 cm³/mol. The summed E-state index contributed by atoms with van der Waals surface area (Å²) in [5.41, 5.74) is 13.0. The molecule has 0 fully saturated rings. The summed E-state index contributed by atoms with van der Waals surface area (Å²) in [6.07, 6.45) is 0.865. The number of azo groups is 2. The molecule has 13 aromatic rings. The molecule has 0 aliphatic heterocycles. The van der Waals surface area contributed by atoms with Gasteiger partial charge in [0.1, 0.15) is 18.0 Å². The first-order valence-corrected chi connectivity index (χ1v) is 29.4. The number of para-hydroxylation sites is 3. The number of carbonyl (C=O) groups excluding carboxylic acids is 1. The van der Waals surface area contributed by atoms with Gasteiger partial charge in [-0.15, -0.1) is 16.1 Å². The van der Waals surface area contributed by atoms with Crippen LogP contribution >= 0.6 is 23.2 Å². The molecule has 1 amide bonds. The molecule has 0 aliphatic carbocycles. The molecule has 0 bridgehead atoms. The SMILES string of the molecule is CC#Cc1ccccc1N(C)C(=O)c1cc2ccc3c4cc(Cl)ccc4[nH]c3c2c(N=Nc2ccc(N(c3ccccc3)c3ccc(N=Nc4c(OC)c(CON(C)c5ccccc5CC)cc5ccc6c7cc(Cl)ccc7[nH]c6c45)cc3)cc2)c1OC. The Hall–Kier alpha value is -10.5. The lowest BCUT2D eigenvalue weighted by atomic mass is 9.99. The van der Waals surface area contributed by atoms with Crippen LogP contribution in [-0.2, 0) is 17.9 Å². The maximum Gasteiger partial charge on any atom is 0.261 e. The van der Waals surface area contributed by atoms with E-state index in [4.69, 9.17) is 58.0 Å². The summed E-state index contributed by atoms with van der Waals surface area (Å²) in [7, 11) is 6.85. The minimum absolute atomic E-state index is 0.210. The Morgan fingerprint density at radius 1 is 0.534 bits per heavy atom. The number of benzene rings is 11. The van der Waals surface area contributed by atoms with Crippen LogP contribution in [0.2, 0.25) is 10.0 Å². The van der Waals surface area contributed by atoms with Crippen molar-refractivity contribution in [1.29, 1.82) is 0 Å². The molecule has 0 unspecified atom stereocenters. The summed E-state index contributed by atoms with van der Waals surface area (Å²) in [6, 6.07) is 65.5. The minimum atomic E-state index is -0.303. The van der Waals surface area contributed by atoms with Gasteiger partial charge >= 0.3 is 0 Å². The number of H-pyrrole nitrogens is 2. The Labute approximate surface area is 518 Å². The number of hydrogen-bond donors (Lipinski definition) is 2. The van der Waals surface area contributed by atoms with E-state index in [0.29, 0.717) is 49.8 Å². The van der Waals surface area contributed by atoms with Crippen LogP contribution < -0.4 is 24.3 Å². The molecule has 2 heterocycles. The van der Waals surface area contributed by atoms with Gasteiger partial charge in [-0.25, -0.2) is 0 Å². The molecule has 88 heavy (non-hydrogen) atoms. The number of aryl methyl sites for hydroxylation is 1. The predicted octanol–water partition coefficient (Wildman–Crippen LogP) is 20.7. The molecule has 13 rings (SSSR count). The second kappa shape index (κ2) is 24.1. The third-order valence-corrected chi connectivity index (χ3v) is 16.4. The van der Waals surface area contributed by atoms with Crippen molar-refractivity contribution in [2.24, 2.45) is 20.5 Å². The van der Waals surface area contributed by atoms with Gasteiger partial charge in [0.05, 0.1) is 53.6 Å². The fourth-order valence-corrected chi connectivity index (χ4v) is 12.1. The first kappa shape index (κ1) is 56.6. The molecule has 13 nitrogen and oxygen atoms in total. The van der Waals surface area contributed by atoms with Gasteiger partial charge in [-0.1, -0.05) is 109 Å². The Morgan fingerprint density at radius 3 is 1.62 bits per heavy atom. The first-order valence-electron chi connectivity index (χ1n) is 28.6. The second-order valence-corrected chi connectivity index (χ2v) is 22.0. The fraction of sp³-hybridized carbons (Fsp3) is 0.110. The zero-order chi connectivity index (χ0) is 60.6. The lowest BCUT2D eigenvalue weighted by Crippen LogP contribution is -2.27. The lowest BCUT2D eigenvalue weighted by Gasteiger charge is -2.25. The highest BCUT2D eigenvalue weighted by atomic mass is 35.5. The number of ether oxygens (including phenoxy) is 2. The van der Waals surface area contributed by atoms with Crippen LogP contribution in [0.5, 0.6) is 11.5 Å². The van der Waals surface area contributed by atoms with Crippen LogP contribution in [0.4, 0.5) is 51.2 Å². The number of nitrogens with one attached hydrogen (secondary N) is 2. The first-order chi connectivity index (χ1) is 43.0. The highest BCUT2D eigenvalue weighted by molar-refractivity contribution is 6.33. The largest absolute Gasteiger partial charge is 0.494 e. The molecule has 0 aliphatic rings. The molecule has 0 saturated carbocycles. The zero-order valence-electron chi connectivity index (χ0n) is 49.0. The highest BCUT2D eigenvalue weighted by Crippen LogP contribution is 2.48. The maximum absolute atomic E-state index is 14.8. The molecular formula is C73H57Cl2N9O4. The summed E-state index contributed by atoms with van der Waals surface area (Å²) in [4.78, 5) is 32.2. The Morgan fingerprint density at radius 2 is 1.06 bits per heavy atom. The highest BCUT2D eigenvalue weighted by Gasteiger charge is 2.27. The Bertz CT molecular complexity index is 4990. The summed E-state index contributed by atoms with van der Waals surface area (Å²) < 4.78 is 12.4. The van der Waals surface area contributed by atoms with Gasteiger partial charge in [-0.3, -0.25) is 14.7 Å². The number of rotatable bonds is 16. The number of aromatic amines is 2. The average Bonchev–Trinajstić information content (AvgIpc) is 1.55. The van der Waals surface area contributed by atoms with E-state index >= 15 is 0 Å². The van der Waals surface area contributed by atoms with E-state index in [2.05, 4.69) is 76.1 Å². The monoisotopic (exact) mass is 1190 g/mol. The van der Waals surface area contributed by atoms with Crippen molar-refractivity contribution in [3.63, 3.8) is 0 Å². The number of amides is 1. The molecule has 15 heteroatoms. The quantitative estimate of drug-likeness (QED) is 0.0562. The number of hydrogen-bond acceptors (Lipinski definition) is 10. The molecule has 11 aromatic carbocycles. The van der Waals surface area contributed by atoms with Crippen molar-refractivity contribution < 1.29 is 19.1 Å². The van der Waals surface area contributed by atoms with Crippen molar-refractivity contribution in [3.05, 3.63) is 232 Å². The summed E-state index contributed by atoms with van der Waals surface area (Å²) in [5, 5.41) is 30.0. The van der Waals surface area contributed by atoms with Gasteiger partial charge < -0.3 is 29.2 Å². The van der Waals surface area contributed by atoms with Crippen molar-refractivity contribution in [3.8, 4) is 23.3 Å². The van der Waals surface area contributed by atoms with Crippen LogP contribution in [0.3, 0.4) is 0 Å². The van der Waals surface area contributed by atoms with Gasteiger partial charge in [0.2, 0.25) is 0 Å². The second-order valence-electron chi connectivity index (χ2n) is 21.1. The number of anilines is 5. The van der Waals surface area contributed by atoms with Gasteiger partial charge in [0, 0.05) is 95.7 Å². The molecule has 0 spiro atoms. The van der Waals surface area contributed by atoms with Gasteiger partial charge in [-0.05, 0) is 157 Å².